The number of hydrogen-bond acceptors (Lipinski definition) is 5. The van der Waals surface area contributed by atoms with Gasteiger partial charge in [0.05, 0.1) is 11.3 Å². The summed E-state index contributed by atoms with van der Waals surface area (Å²) < 4.78 is 2.09. The summed E-state index contributed by atoms with van der Waals surface area (Å²) in [6.07, 6.45) is 3.72. The smallest absolute Gasteiger partial charge is 0.159 e. The lowest BCUT2D eigenvalue weighted by Gasteiger charge is -2.34. The molecule has 1 aliphatic rings. The summed E-state index contributed by atoms with van der Waals surface area (Å²) in [5.74, 6) is 1.46. The van der Waals surface area contributed by atoms with Crippen molar-refractivity contribution in [1.29, 1.82) is 5.26 Å². The number of Topliss-reactive ketones (excluding diaryl/α,β-unsaturated/α-hetero) is 1. The Labute approximate surface area is 141 Å². The molecule has 2 heterocycles. The quantitative estimate of drug-likeness (QED) is 0.809. The lowest BCUT2D eigenvalue weighted by atomic mass is 9.94. The third-order valence-electron chi connectivity index (χ3n) is 4.71. The van der Waals surface area contributed by atoms with Crippen LogP contribution in [0.5, 0.6) is 0 Å². The second kappa shape index (κ2) is 6.83. The Bertz CT molecular complexity index is 781. The summed E-state index contributed by atoms with van der Waals surface area (Å²) >= 11 is 0. The van der Waals surface area contributed by atoms with E-state index in [-0.39, 0.29) is 5.78 Å². The van der Waals surface area contributed by atoms with E-state index in [2.05, 4.69) is 32.7 Å². The summed E-state index contributed by atoms with van der Waals surface area (Å²) in [5.41, 5.74) is 2.13. The summed E-state index contributed by atoms with van der Waals surface area (Å²) in [7, 11) is 0. The fourth-order valence-electron chi connectivity index (χ4n) is 3.31. The first-order chi connectivity index (χ1) is 11.6. The Kier molecular flexibility index (Phi) is 4.61. The van der Waals surface area contributed by atoms with Crippen LogP contribution >= 0.6 is 0 Å². The number of benzene rings is 1. The van der Waals surface area contributed by atoms with Gasteiger partial charge in [-0.1, -0.05) is 0 Å². The molecule has 0 spiro atoms. The fraction of sp³-hybridized carbons (Fsp3) is 0.444. The van der Waals surface area contributed by atoms with Gasteiger partial charge in [-0.15, -0.1) is 10.2 Å². The van der Waals surface area contributed by atoms with Crippen LogP contribution in [0.25, 0.3) is 0 Å². The minimum absolute atomic E-state index is 0.0201. The fourth-order valence-corrected chi connectivity index (χ4v) is 3.31. The molecule has 2 aromatic rings. The van der Waals surface area contributed by atoms with E-state index in [1.165, 1.54) is 0 Å². The number of ketones is 1. The molecule has 0 radical (unpaired) electrons. The standard InChI is InChI=1S/C18H21N5O/c1-3-22-12-20-21-18(22)14-6-8-23(9-7-14)17-10-15(13(2)24)4-5-16(17)11-19/h4-5,10,12,14H,3,6-9H2,1-2H3. The molecule has 0 amide bonds. The van der Waals surface area contributed by atoms with E-state index in [1.54, 1.807) is 25.4 Å². The van der Waals surface area contributed by atoms with Crippen molar-refractivity contribution in [3.05, 3.63) is 41.5 Å². The zero-order chi connectivity index (χ0) is 17.1. The highest BCUT2D eigenvalue weighted by Crippen LogP contribution is 2.31. The summed E-state index contributed by atoms with van der Waals surface area (Å²) in [6, 6.07) is 7.54. The molecule has 124 valence electrons. The maximum absolute atomic E-state index is 11.6. The van der Waals surface area contributed by atoms with Crippen molar-refractivity contribution in [3.8, 4) is 6.07 Å². The molecule has 1 aromatic heterocycles. The maximum atomic E-state index is 11.6. The van der Waals surface area contributed by atoms with Crippen molar-refractivity contribution >= 4 is 11.5 Å². The predicted molar refractivity (Wildman–Crippen MR) is 91.0 cm³/mol. The van der Waals surface area contributed by atoms with Gasteiger partial charge in [-0.25, -0.2) is 0 Å². The van der Waals surface area contributed by atoms with E-state index < -0.39 is 0 Å². The number of nitriles is 1. The Morgan fingerprint density at radius 2 is 2.12 bits per heavy atom. The van der Waals surface area contributed by atoms with Crippen LogP contribution < -0.4 is 4.90 Å². The Hall–Kier alpha value is -2.68. The highest BCUT2D eigenvalue weighted by Gasteiger charge is 2.25. The molecule has 3 rings (SSSR count). The molecule has 1 fully saturated rings. The second-order valence-corrected chi connectivity index (χ2v) is 6.14. The van der Waals surface area contributed by atoms with Crippen LogP contribution in [-0.2, 0) is 6.54 Å². The molecule has 1 aromatic carbocycles. The van der Waals surface area contributed by atoms with Crippen molar-refractivity contribution in [1.82, 2.24) is 14.8 Å². The maximum Gasteiger partial charge on any atom is 0.159 e. The highest BCUT2D eigenvalue weighted by molar-refractivity contribution is 5.95. The van der Waals surface area contributed by atoms with Crippen LogP contribution in [0.4, 0.5) is 5.69 Å². The molecule has 0 N–H and O–H groups in total. The average molecular weight is 323 g/mol. The summed E-state index contributed by atoms with van der Waals surface area (Å²) in [4.78, 5) is 13.8. The van der Waals surface area contributed by atoms with E-state index >= 15 is 0 Å². The average Bonchev–Trinajstić information content (AvgIpc) is 3.10. The number of rotatable bonds is 4. The van der Waals surface area contributed by atoms with Gasteiger partial charge in [-0.3, -0.25) is 4.79 Å². The molecule has 0 saturated carbocycles. The first-order valence-electron chi connectivity index (χ1n) is 8.31. The number of nitrogens with zero attached hydrogens (tertiary/aromatic N) is 5. The van der Waals surface area contributed by atoms with Crippen LogP contribution in [0.15, 0.2) is 24.5 Å². The van der Waals surface area contributed by atoms with E-state index in [0.29, 0.717) is 17.0 Å². The van der Waals surface area contributed by atoms with E-state index in [4.69, 9.17) is 0 Å². The van der Waals surface area contributed by atoms with Crippen LogP contribution in [-0.4, -0.2) is 33.6 Å². The topological polar surface area (TPSA) is 74.8 Å². The summed E-state index contributed by atoms with van der Waals surface area (Å²) in [6.45, 7) is 6.21. The highest BCUT2D eigenvalue weighted by atomic mass is 16.1. The molecule has 0 atom stereocenters. The molecule has 1 aliphatic heterocycles. The Morgan fingerprint density at radius 3 is 2.75 bits per heavy atom. The first-order valence-corrected chi connectivity index (χ1v) is 8.31. The zero-order valence-electron chi connectivity index (χ0n) is 14.1. The van der Waals surface area contributed by atoms with Crippen LogP contribution in [0.3, 0.4) is 0 Å². The number of aryl methyl sites for hydroxylation is 1. The number of hydrogen-bond donors (Lipinski definition) is 0. The molecule has 0 aliphatic carbocycles. The summed E-state index contributed by atoms with van der Waals surface area (Å²) in [5, 5.41) is 17.7. The molecular formula is C18H21N5O. The van der Waals surface area contributed by atoms with Gasteiger partial charge in [-0.2, -0.15) is 5.26 Å². The molecule has 0 bridgehead atoms. The van der Waals surface area contributed by atoms with Crippen LogP contribution in [0.2, 0.25) is 0 Å². The van der Waals surface area contributed by atoms with E-state index in [9.17, 15) is 10.1 Å². The van der Waals surface area contributed by atoms with Gasteiger partial charge in [0.2, 0.25) is 0 Å². The number of anilines is 1. The van der Waals surface area contributed by atoms with Crippen molar-refractivity contribution in [2.24, 2.45) is 0 Å². The van der Waals surface area contributed by atoms with Gasteiger partial charge in [0.25, 0.3) is 0 Å². The minimum Gasteiger partial charge on any atom is -0.370 e. The van der Waals surface area contributed by atoms with Crippen molar-refractivity contribution in [2.75, 3.05) is 18.0 Å². The number of aromatic nitrogens is 3. The lowest BCUT2D eigenvalue weighted by molar-refractivity contribution is 0.101. The SMILES string of the molecule is CCn1cnnc1C1CCN(c2cc(C(C)=O)ccc2C#N)CC1. The largest absolute Gasteiger partial charge is 0.370 e. The monoisotopic (exact) mass is 323 g/mol. The molecule has 1 saturated heterocycles. The van der Waals surface area contributed by atoms with Crippen LogP contribution in [0.1, 0.15) is 54.4 Å². The normalized spacial score (nSPS) is 15.3. The number of piperidine rings is 1. The predicted octanol–water partition coefficient (Wildman–Crippen LogP) is 2.76. The lowest BCUT2D eigenvalue weighted by Crippen LogP contribution is -2.34. The van der Waals surface area contributed by atoms with Gasteiger partial charge in [0.15, 0.2) is 5.78 Å². The number of carbonyl (C=O) groups excluding carboxylic acids is 1. The van der Waals surface area contributed by atoms with Crippen molar-refractivity contribution in [2.45, 2.75) is 39.2 Å². The zero-order valence-corrected chi connectivity index (χ0v) is 14.1. The Balaban J connectivity index is 1.78. The van der Waals surface area contributed by atoms with Gasteiger partial charge in [-0.05, 0) is 44.9 Å². The van der Waals surface area contributed by atoms with E-state index in [0.717, 1.165) is 44.0 Å². The van der Waals surface area contributed by atoms with Crippen molar-refractivity contribution in [3.63, 3.8) is 0 Å². The number of carbonyl (C=O) groups is 1. The van der Waals surface area contributed by atoms with Crippen LogP contribution in [0, 0.1) is 11.3 Å². The molecule has 0 unspecified atom stereocenters. The third-order valence-corrected chi connectivity index (χ3v) is 4.71. The van der Waals surface area contributed by atoms with Gasteiger partial charge in [0.1, 0.15) is 18.2 Å². The molecule has 24 heavy (non-hydrogen) atoms. The minimum atomic E-state index is 0.0201. The van der Waals surface area contributed by atoms with Crippen molar-refractivity contribution < 1.29 is 4.79 Å². The molecule has 6 nitrogen and oxygen atoms in total. The van der Waals surface area contributed by atoms with Gasteiger partial charge < -0.3 is 9.47 Å². The third kappa shape index (κ3) is 3.02. The first kappa shape index (κ1) is 16.2. The van der Waals surface area contributed by atoms with E-state index in [1.807, 2.05) is 6.07 Å². The van der Waals surface area contributed by atoms with Gasteiger partial charge in [0, 0.05) is 31.1 Å². The second-order valence-electron chi connectivity index (χ2n) is 6.14. The molecule has 6 heteroatoms. The molecular weight excluding hydrogens is 302 g/mol. The van der Waals surface area contributed by atoms with Gasteiger partial charge >= 0.3 is 0 Å². The Morgan fingerprint density at radius 1 is 1.38 bits per heavy atom.